The molecule has 1 atom stereocenters. The second-order valence-corrected chi connectivity index (χ2v) is 12.2. The summed E-state index contributed by atoms with van der Waals surface area (Å²) in [5.74, 6) is -1.24. The molecule has 4 aromatic rings. The van der Waals surface area contributed by atoms with Crippen LogP contribution in [-0.4, -0.2) is 48.2 Å². The molecule has 2 aromatic carbocycles. The summed E-state index contributed by atoms with van der Waals surface area (Å²) in [6, 6.07) is 11.6. The van der Waals surface area contributed by atoms with Crippen molar-refractivity contribution in [2.24, 2.45) is 0 Å². The zero-order chi connectivity index (χ0) is 28.2. The van der Waals surface area contributed by atoms with Gasteiger partial charge in [0.1, 0.15) is 17.2 Å². The Hall–Kier alpha value is -3.80. The number of benzene rings is 2. The lowest BCUT2D eigenvalue weighted by atomic mass is 10.1. The van der Waals surface area contributed by atoms with E-state index in [0.29, 0.717) is 57.2 Å². The summed E-state index contributed by atoms with van der Waals surface area (Å²) in [4.78, 5) is 31.4. The zero-order valence-corrected chi connectivity index (χ0v) is 23.1. The zero-order valence-electron chi connectivity index (χ0n) is 20.8. The molecule has 0 unspecified atom stereocenters. The van der Waals surface area contributed by atoms with Gasteiger partial charge in [-0.2, -0.15) is 0 Å². The van der Waals surface area contributed by atoms with Gasteiger partial charge in [-0.1, -0.05) is 23.2 Å². The first-order valence-electron chi connectivity index (χ1n) is 12.4. The summed E-state index contributed by atoms with van der Waals surface area (Å²) in [6.45, 7) is 0.997. The molecule has 6 rings (SSSR count). The highest BCUT2D eigenvalue weighted by Crippen LogP contribution is 2.37. The van der Waals surface area contributed by atoms with E-state index in [9.17, 15) is 23.1 Å². The van der Waals surface area contributed by atoms with Gasteiger partial charge < -0.3 is 19.3 Å². The first kappa shape index (κ1) is 26.4. The number of rotatable bonds is 6. The third-order valence-corrected chi connectivity index (χ3v) is 8.92. The molecule has 0 spiro atoms. The third-order valence-electron chi connectivity index (χ3n) is 7.10. The molecule has 40 heavy (non-hydrogen) atoms. The predicted molar refractivity (Wildman–Crippen MR) is 153 cm³/mol. The second-order valence-electron chi connectivity index (χ2n) is 9.66. The fourth-order valence-electron chi connectivity index (χ4n) is 5.26. The molecule has 0 bridgehead atoms. The summed E-state index contributed by atoms with van der Waals surface area (Å²) >= 11 is 12.9. The van der Waals surface area contributed by atoms with Crippen LogP contribution in [-0.2, 0) is 15.8 Å². The van der Waals surface area contributed by atoms with Gasteiger partial charge in [0.2, 0.25) is 21.3 Å². The van der Waals surface area contributed by atoms with Crippen LogP contribution in [0.4, 0.5) is 11.4 Å². The van der Waals surface area contributed by atoms with Crippen molar-refractivity contribution in [1.82, 2.24) is 9.55 Å². The van der Waals surface area contributed by atoms with Crippen molar-refractivity contribution in [3.8, 4) is 11.6 Å². The minimum Gasteiger partial charge on any atom is -0.477 e. The smallest absolute Gasteiger partial charge is 0.341 e. The topological polar surface area (TPSA) is 131 Å². The molecule has 0 aliphatic carbocycles. The molecule has 0 amide bonds. The highest BCUT2D eigenvalue weighted by Gasteiger charge is 2.29. The van der Waals surface area contributed by atoms with Crippen LogP contribution < -0.4 is 19.8 Å². The number of halogens is 2. The Morgan fingerprint density at radius 2 is 2.00 bits per heavy atom. The fraction of sp³-hybridized carbons (Fsp3) is 0.222. The highest BCUT2D eigenvalue weighted by molar-refractivity contribution is 7.92. The van der Waals surface area contributed by atoms with Gasteiger partial charge in [-0.15, -0.1) is 0 Å². The standard InChI is InChI=1S/C27H22Cl2N4O6S/c28-20-4-1-7-30-26(20)39-13-17-3-2-8-32(17)24-11-23-18(10-21(24)29)25(34)19(27(35)36)12-33(23)16-5-6-22-15(9-16)14-40(37,38)31-22/h1,4-7,9-12,17,31H,2-3,8,13-14H2,(H,35,36)/t17-/m1/s1. The average molecular weight is 601 g/mol. The number of nitrogens with one attached hydrogen (secondary N) is 1. The van der Waals surface area contributed by atoms with Crippen LogP contribution in [0.2, 0.25) is 10.0 Å². The van der Waals surface area contributed by atoms with Gasteiger partial charge in [0.05, 0.1) is 33.7 Å². The minimum atomic E-state index is -3.49. The van der Waals surface area contributed by atoms with Crippen molar-refractivity contribution in [3.63, 3.8) is 0 Å². The quantitative estimate of drug-likeness (QED) is 0.326. The number of carboxylic acid groups (broad SMARTS) is 1. The molecule has 2 aliphatic heterocycles. The van der Waals surface area contributed by atoms with E-state index in [1.54, 1.807) is 47.2 Å². The van der Waals surface area contributed by atoms with Crippen LogP contribution in [0.15, 0.2) is 59.7 Å². The summed E-state index contributed by atoms with van der Waals surface area (Å²) in [5, 5.41) is 10.6. The molecule has 206 valence electrons. The SMILES string of the molecule is O=C(O)c1cn(-c2ccc3c(c2)CS(=O)(=O)N3)c2cc(N3CCC[C@@H]3COc3ncccc3Cl)c(Cl)cc2c1=O. The van der Waals surface area contributed by atoms with E-state index in [1.165, 1.54) is 12.3 Å². The molecule has 2 N–H and O–H groups in total. The lowest BCUT2D eigenvalue weighted by Gasteiger charge is -2.28. The molecule has 1 fully saturated rings. The maximum Gasteiger partial charge on any atom is 0.341 e. The van der Waals surface area contributed by atoms with E-state index in [-0.39, 0.29) is 17.2 Å². The van der Waals surface area contributed by atoms with Crippen LogP contribution >= 0.6 is 23.2 Å². The molecule has 0 saturated carbocycles. The first-order chi connectivity index (χ1) is 19.1. The van der Waals surface area contributed by atoms with Crippen LogP contribution in [0.25, 0.3) is 16.6 Å². The number of aromatic carboxylic acids is 1. The van der Waals surface area contributed by atoms with Gasteiger partial charge in [0.25, 0.3) is 0 Å². The van der Waals surface area contributed by atoms with E-state index in [1.807, 2.05) is 0 Å². The second kappa shape index (κ2) is 9.99. The van der Waals surface area contributed by atoms with Gasteiger partial charge in [-0.05, 0) is 60.9 Å². The molecule has 2 aliphatic rings. The van der Waals surface area contributed by atoms with E-state index in [2.05, 4.69) is 14.6 Å². The predicted octanol–water partition coefficient (Wildman–Crippen LogP) is 4.69. The fourth-order valence-corrected chi connectivity index (χ4v) is 6.96. The van der Waals surface area contributed by atoms with E-state index in [0.717, 1.165) is 12.8 Å². The number of sulfonamides is 1. The number of pyridine rings is 2. The number of nitrogens with zero attached hydrogens (tertiary/aromatic N) is 3. The van der Waals surface area contributed by atoms with Crippen molar-refractivity contribution in [1.29, 1.82) is 0 Å². The summed E-state index contributed by atoms with van der Waals surface area (Å²) < 4.78 is 34.1. The van der Waals surface area contributed by atoms with Crippen LogP contribution in [0.3, 0.4) is 0 Å². The van der Waals surface area contributed by atoms with Crippen molar-refractivity contribution in [2.75, 3.05) is 22.8 Å². The molecular formula is C27H22Cl2N4O6S. The van der Waals surface area contributed by atoms with Crippen LogP contribution in [0, 0.1) is 0 Å². The Bertz CT molecular complexity index is 1860. The molecule has 2 aromatic heterocycles. The Morgan fingerprint density at radius 3 is 2.77 bits per heavy atom. The van der Waals surface area contributed by atoms with Crippen LogP contribution in [0.1, 0.15) is 28.8 Å². The number of hydrogen-bond acceptors (Lipinski definition) is 7. The van der Waals surface area contributed by atoms with E-state index in [4.69, 9.17) is 27.9 Å². The van der Waals surface area contributed by atoms with Crippen molar-refractivity contribution >= 4 is 61.5 Å². The Balaban J connectivity index is 1.45. The Labute approximate surface area is 238 Å². The molecular weight excluding hydrogens is 579 g/mol. The molecule has 0 radical (unpaired) electrons. The van der Waals surface area contributed by atoms with Crippen LogP contribution in [0.5, 0.6) is 5.88 Å². The maximum atomic E-state index is 13.2. The molecule has 10 nitrogen and oxygen atoms in total. The Kier molecular flexibility index (Phi) is 6.60. The van der Waals surface area contributed by atoms with Gasteiger partial charge in [-0.3, -0.25) is 9.52 Å². The average Bonchev–Trinajstić information content (AvgIpc) is 3.50. The normalized spacial score (nSPS) is 17.6. The largest absolute Gasteiger partial charge is 0.477 e. The number of anilines is 2. The van der Waals surface area contributed by atoms with Gasteiger partial charge in [0, 0.05) is 30.0 Å². The van der Waals surface area contributed by atoms with Crippen molar-refractivity contribution in [3.05, 3.63) is 86.3 Å². The van der Waals surface area contributed by atoms with Gasteiger partial charge >= 0.3 is 5.97 Å². The number of hydrogen-bond donors (Lipinski definition) is 2. The Morgan fingerprint density at radius 1 is 1.18 bits per heavy atom. The van der Waals surface area contributed by atoms with E-state index < -0.39 is 27.0 Å². The minimum absolute atomic E-state index is 0.0530. The lowest BCUT2D eigenvalue weighted by Crippen LogP contribution is -2.34. The van der Waals surface area contributed by atoms with Crippen molar-refractivity contribution in [2.45, 2.75) is 24.6 Å². The number of ether oxygens (including phenoxy) is 1. The highest BCUT2D eigenvalue weighted by atomic mass is 35.5. The third kappa shape index (κ3) is 4.74. The van der Waals surface area contributed by atoms with Crippen molar-refractivity contribution < 1.29 is 23.1 Å². The number of fused-ring (bicyclic) bond motifs is 2. The molecule has 4 heterocycles. The first-order valence-corrected chi connectivity index (χ1v) is 14.8. The molecule has 13 heteroatoms. The number of aromatic nitrogens is 2. The molecule has 1 saturated heterocycles. The number of carboxylic acids is 1. The number of carbonyl (C=O) groups is 1. The summed E-state index contributed by atoms with van der Waals surface area (Å²) in [5.41, 5.74) is 1.51. The monoisotopic (exact) mass is 600 g/mol. The summed E-state index contributed by atoms with van der Waals surface area (Å²) in [7, 11) is -3.49. The van der Waals surface area contributed by atoms with E-state index >= 15 is 0 Å². The van der Waals surface area contributed by atoms with Gasteiger partial charge in [0.15, 0.2) is 0 Å². The summed E-state index contributed by atoms with van der Waals surface area (Å²) in [6.07, 6.45) is 4.57. The van der Waals surface area contributed by atoms with Gasteiger partial charge in [-0.25, -0.2) is 18.2 Å². The maximum absolute atomic E-state index is 13.2. The lowest BCUT2D eigenvalue weighted by molar-refractivity contribution is 0.0695.